The third-order valence-corrected chi connectivity index (χ3v) is 5.50. The van der Waals surface area contributed by atoms with Gasteiger partial charge in [0.15, 0.2) is 0 Å². The fourth-order valence-corrected chi connectivity index (χ4v) is 3.87. The maximum Gasteiger partial charge on any atom is 0.347 e. The van der Waals surface area contributed by atoms with Gasteiger partial charge in [-0.05, 0) is 39.7 Å². The number of carbonyl (C=O) groups excluding carboxylic acids is 2. The second-order valence-corrected chi connectivity index (χ2v) is 7.71. The summed E-state index contributed by atoms with van der Waals surface area (Å²) in [5.41, 5.74) is 2.24. The van der Waals surface area contributed by atoms with Crippen LogP contribution in [0.3, 0.4) is 0 Å². The molecule has 9 nitrogen and oxygen atoms in total. The molecular formula is C21H28N6O3. The first-order valence-corrected chi connectivity index (χ1v) is 10.2. The van der Waals surface area contributed by atoms with Gasteiger partial charge in [0.05, 0.1) is 11.3 Å². The Labute approximate surface area is 175 Å². The molecule has 1 aliphatic rings. The zero-order chi connectivity index (χ0) is 21.8. The maximum absolute atomic E-state index is 12.8. The lowest BCUT2D eigenvalue weighted by atomic mass is 9.96. The molecular weight excluding hydrogens is 384 g/mol. The van der Waals surface area contributed by atoms with E-state index in [0.717, 1.165) is 18.5 Å². The number of hydrogen-bond donors (Lipinski definition) is 1. The summed E-state index contributed by atoms with van der Waals surface area (Å²) < 4.78 is 1.54. The topological polar surface area (TPSA) is 110 Å². The molecule has 0 unspecified atom stereocenters. The van der Waals surface area contributed by atoms with Crippen LogP contribution in [0, 0.1) is 20.8 Å². The summed E-state index contributed by atoms with van der Waals surface area (Å²) in [7, 11) is 1.57. The van der Waals surface area contributed by atoms with Gasteiger partial charge in [0, 0.05) is 56.6 Å². The second kappa shape index (κ2) is 9.15. The molecule has 2 aromatic rings. The summed E-state index contributed by atoms with van der Waals surface area (Å²) in [5, 5.41) is 2.58. The van der Waals surface area contributed by atoms with Gasteiger partial charge < -0.3 is 10.2 Å². The van der Waals surface area contributed by atoms with Crippen molar-refractivity contribution in [2.75, 3.05) is 20.1 Å². The third-order valence-electron chi connectivity index (χ3n) is 5.50. The summed E-state index contributed by atoms with van der Waals surface area (Å²) in [5.74, 6) is 0.485. The number of nitrogens with zero attached hydrogens (tertiary/aromatic N) is 5. The molecule has 9 heteroatoms. The van der Waals surface area contributed by atoms with Crippen molar-refractivity contribution in [1.29, 1.82) is 0 Å². The smallest absolute Gasteiger partial charge is 0.347 e. The Bertz CT molecular complexity index is 1020. The molecule has 1 N–H and O–H groups in total. The van der Waals surface area contributed by atoms with E-state index >= 15 is 0 Å². The van der Waals surface area contributed by atoms with Crippen LogP contribution < -0.4 is 11.0 Å². The molecule has 160 valence electrons. The maximum atomic E-state index is 12.8. The summed E-state index contributed by atoms with van der Waals surface area (Å²) in [6.45, 7) is 6.95. The van der Waals surface area contributed by atoms with Crippen molar-refractivity contribution in [2.24, 2.45) is 0 Å². The van der Waals surface area contributed by atoms with E-state index in [-0.39, 0.29) is 29.8 Å². The number of piperidine rings is 1. The standard InChI is InChI=1S/C21H28N6O3/c1-13-10-14(2)27(21(30)24-13)9-7-18(28)26-8-5-6-16(12-26)19-23-11-17(15(3)25-19)20(29)22-4/h10-11,16H,5-9,12H2,1-4H3,(H,22,29)/t16-/m0/s1. The van der Waals surface area contributed by atoms with Crippen LogP contribution in [0.15, 0.2) is 17.1 Å². The number of hydrogen-bond acceptors (Lipinski definition) is 6. The number of carbonyl (C=O) groups is 2. The first-order chi connectivity index (χ1) is 14.3. The summed E-state index contributed by atoms with van der Waals surface area (Å²) in [6, 6.07) is 1.84. The molecule has 1 fully saturated rings. The lowest BCUT2D eigenvalue weighted by molar-refractivity contribution is -0.132. The van der Waals surface area contributed by atoms with E-state index in [2.05, 4.69) is 20.3 Å². The number of rotatable bonds is 5. The molecule has 2 aromatic heterocycles. The van der Waals surface area contributed by atoms with Gasteiger partial charge in [-0.2, -0.15) is 4.98 Å². The molecule has 0 aliphatic carbocycles. The molecule has 0 aromatic carbocycles. The summed E-state index contributed by atoms with van der Waals surface area (Å²) >= 11 is 0. The van der Waals surface area contributed by atoms with Crippen molar-refractivity contribution in [3.05, 3.63) is 51.2 Å². The Morgan fingerprint density at radius 2 is 2.00 bits per heavy atom. The highest BCUT2D eigenvalue weighted by Crippen LogP contribution is 2.25. The van der Waals surface area contributed by atoms with Gasteiger partial charge >= 0.3 is 5.69 Å². The zero-order valence-corrected chi connectivity index (χ0v) is 17.9. The Balaban J connectivity index is 1.66. The largest absolute Gasteiger partial charge is 0.355 e. The van der Waals surface area contributed by atoms with Gasteiger partial charge in [-0.15, -0.1) is 0 Å². The second-order valence-electron chi connectivity index (χ2n) is 7.71. The monoisotopic (exact) mass is 412 g/mol. The number of amides is 2. The van der Waals surface area contributed by atoms with E-state index in [9.17, 15) is 14.4 Å². The average molecular weight is 412 g/mol. The van der Waals surface area contributed by atoms with Crippen molar-refractivity contribution in [2.45, 2.75) is 52.5 Å². The SMILES string of the molecule is CNC(=O)c1cnc([C@H]2CCCN(C(=O)CCn3c(C)cc(C)nc3=O)C2)nc1C. The Hall–Kier alpha value is -3.10. The van der Waals surface area contributed by atoms with E-state index in [1.165, 1.54) is 4.57 Å². The van der Waals surface area contributed by atoms with E-state index in [4.69, 9.17) is 0 Å². The Morgan fingerprint density at radius 1 is 1.23 bits per heavy atom. The van der Waals surface area contributed by atoms with Gasteiger partial charge in [0.25, 0.3) is 5.91 Å². The molecule has 1 atom stereocenters. The van der Waals surface area contributed by atoms with Gasteiger partial charge in [-0.3, -0.25) is 14.2 Å². The lowest BCUT2D eigenvalue weighted by Crippen LogP contribution is -2.40. The number of nitrogens with one attached hydrogen (secondary N) is 1. The molecule has 0 bridgehead atoms. The van der Waals surface area contributed by atoms with Gasteiger partial charge in [-0.25, -0.2) is 14.8 Å². The molecule has 3 heterocycles. The van der Waals surface area contributed by atoms with Crippen molar-refractivity contribution < 1.29 is 9.59 Å². The van der Waals surface area contributed by atoms with Crippen LogP contribution in [0.4, 0.5) is 0 Å². The van der Waals surface area contributed by atoms with Crippen LogP contribution in [0.5, 0.6) is 0 Å². The van der Waals surface area contributed by atoms with Gasteiger partial charge in [0.1, 0.15) is 5.82 Å². The Morgan fingerprint density at radius 3 is 2.67 bits per heavy atom. The third kappa shape index (κ3) is 4.72. The lowest BCUT2D eigenvalue weighted by Gasteiger charge is -2.32. The van der Waals surface area contributed by atoms with Crippen LogP contribution in [0.25, 0.3) is 0 Å². The van der Waals surface area contributed by atoms with Crippen molar-refractivity contribution in [1.82, 2.24) is 29.7 Å². The van der Waals surface area contributed by atoms with E-state index in [1.54, 1.807) is 27.1 Å². The van der Waals surface area contributed by atoms with E-state index in [1.807, 2.05) is 17.9 Å². The van der Waals surface area contributed by atoms with Crippen LogP contribution in [0.2, 0.25) is 0 Å². The van der Waals surface area contributed by atoms with Crippen LogP contribution in [-0.2, 0) is 11.3 Å². The predicted molar refractivity (Wildman–Crippen MR) is 111 cm³/mol. The average Bonchev–Trinajstić information content (AvgIpc) is 2.72. The fourth-order valence-electron chi connectivity index (χ4n) is 3.87. The minimum absolute atomic E-state index is 0.00489. The highest BCUT2D eigenvalue weighted by atomic mass is 16.2. The first kappa shape index (κ1) is 21.6. The molecule has 1 saturated heterocycles. The molecule has 2 amide bonds. The summed E-state index contributed by atoms with van der Waals surface area (Å²) in [4.78, 5) is 51.4. The van der Waals surface area contributed by atoms with E-state index in [0.29, 0.717) is 42.4 Å². The molecule has 3 rings (SSSR count). The van der Waals surface area contributed by atoms with Crippen LogP contribution >= 0.6 is 0 Å². The first-order valence-electron chi connectivity index (χ1n) is 10.2. The van der Waals surface area contributed by atoms with Crippen molar-refractivity contribution in [3.63, 3.8) is 0 Å². The van der Waals surface area contributed by atoms with Crippen LogP contribution in [-0.4, -0.2) is 56.4 Å². The Kier molecular flexibility index (Phi) is 6.59. The number of aromatic nitrogens is 4. The molecule has 0 radical (unpaired) electrons. The number of aryl methyl sites for hydroxylation is 3. The normalized spacial score (nSPS) is 16.4. The van der Waals surface area contributed by atoms with Crippen molar-refractivity contribution in [3.8, 4) is 0 Å². The molecule has 1 aliphatic heterocycles. The van der Waals surface area contributed by atoms with Gasteiger partial charge in [-0.1, -0.05) is 0 Å². The van der Waals surface area contributed by atoms with Crippen molar-refractivity contribution >= 4 is 11.8 Å². The summed E-state index contributed by atoms with van der Waals surface area (Å²) in [6.07, 6.45) is 3.55. The minimum Gasteiger partial charge on any atom is -0.355 e. The quantitative estimate of drug-likeness (QED) is 0.788. The number of likely N-dealkylation sites (tertiary alicyclic amines) is 1. The fraction of sp³-hybridized carbons (Fsp3) is 0.524. The molecule has 0 saturated carbocycles. The molecule has 30 heavy (non-hydrogen) atoms. The zero-order valence-electron chi connectivity index (χ0n) is 17.9. The predicted octanol–water partition coefficient (Wildman–Crippen LogP) is 1.11. The minimum atomic E-state index is -0.322. The van der Waals surface area contributed by atoms with Crippen LogP contribution in [0.1, 0.15) is 58.4 Å². The molecule has 0 spiro atoms. The highest BCUT2D eigenvalue weighted by Gasteiger charge is 2.27. The van der Waals surface area contributed by atoms with E-state index < -0.39 is 0 Å². The van der Waals surface area contributed by atoms with Gasteiger partial charge in [0.2, 0.25) is 5.91 Å². The highest BCUT2D eigenvalue weighted by molar-refractivity contribution is 5.94.